The molecule has 0 saturated carbocycles. The molecule has 152 valence electrons. The first-order chi connectivity index (χ1) is 15.2. The number of H-pyrrole nitrogens is 2. The number of aromatic amines is 2. The van der Waals surface area contributed by atoms with Gasteiger partial charge in [0.2, 0.25) is 0 Å². The first-order valence-corrected chi connectivity index (χ1v) is 9.99. The van der Waals surface area contributed by atoms with Crippen LogP contribution in [-0.4, -0.2) is 29.2 Å². The Hall–Kier alpha value is -4.24. The van der Waals surface area contributed by atoms with E-state index in [0.29, 0.717) is 5.52 Å². The Morgan fingerprint density at radius 1 is 0.935 bits per heavy atom. The van der Waals surface area contributed by atoms with Gasteiger partial charge in [0.25, 0.3) is 0 Å². The van der Waals surface area contributed by atoms with Gasteiger partial charge in [0.05, 0.1) is 17.6 Å². The minimum atomic E-state index is -0.499. The Kier molecular flexibility index (Phi) is 4.77. The van der Waals surface area contributed by atoms with Crippen molar-refractivity contribution in [1.29, 1.82) is 0 Å². The zero-order chi connectivity index (χ0) is 21.2. The molecule has 0 aliphatic heterocycles. The van der Waals surface area contributed by atoms with E-state index in [-0.39, 0.29) is 24.8 Å². The molecule has 3 aromatic carbocycles. The molecule has 0 fully saturated rings. The highest BCUT2D eigenvalue weighted by atomic mass is 16.5. The number of amides is 1. The number of alkyl carbamates (subject to hydrolysis) is 1. The highest BCUT2D eigenvalue weighted by Gasteiger charge is 2.28. The summed E-state index contributed by atoms with van der Waals surface area (Å²) in [6, 6.07) is 21.8. The number of fused-ring (bicyclic) bond motifs is 4. The summed E-state index contributed by atoms with van der Waals surface area (Å²) < 4.78 is 5.49. The van der Waals surface area contributed by atoms with Crippen LogP contribution in [0, 0.1) is 11.8 Å². The molecule has 0 saturated heterocycles. The Balaban J connectivity index is 1.19. The van der Waals surface area contributed by atoms with E-state index in [2.05, 4.69) is 51.4 Å². The highest BCUT2D eigenvalue weighted by molar-refractivity contribution is 5.79. The van der Waals surface area contributed by atoms with Gasteiger partial charge in [-0.05, 0) is 40.5 Å². The monoisotopic (exact) mass is 409 g/mol. The normalized spacial score (nSPS) is 12.0. The van der Waals surface area contributed by atoms with Gasteiger partial charge in [0.15, 0.2) is 0 Å². The Morgan fingerprint density at radius 3 is 2.35 bits per heavy atom. The van der Waals surface area contributed by atoms with E-state index >= 15 is 0 Å². The van der Waals surface area contributed by atoms with E-state index in [0.717, 1.165) is 11.1 Å². The summed E-state index contributed by atoms with van der Waals surface area (Å²) in [7, 11) is 0. The molecule has 6 nitrogen and oxygen atoms in total. The van der Waals surface area contributed by atoms with Crippen molar-refractivity contribution in [3.8, 4) is 23.0 Å². The molecule has 0 bridgehead atoms. The second-order valence-corrected chi connectivity index (χ2v) is 7.32. The molecule has 0 atom stereocenters. The standard InChI is InChI=1S/C25H19N3O3/c29-24-27-22-12-11-16(14-23(22)28-24)6-5-13-26-25(30)31-15-21-19-9-3-1-7-17(19)18-8-2-4-10-20(18)21/h1-4,7-12,14,21H,13,15H2,(H,26,30)(H2,27,28,29). The lowest BCUT2D eigenvalue weighted by atomic mass is 9.98. The van der Waals surface area contributed by atoms with Gasteiger partial charge < -0.3 is 20.0 Å². The number of carbonyl (C=O) groups excluding carboxylic acids is 1. The Bertz CT molecular complexity index is 1360. The number of nitrogens with one attached hydrogen (secondary N) is 3. The van der Waals surface area contributed by atoms with Gasteiger partial charge in [-0.2, -0.15) is 0 Å². The molecule has 1 aliphatic rings. The summed E-state index contributed by atoms with van der Waals surface area (Å²) in [5.41, 5.74) is 6.66. The van der Waals surface area contributed by atoms with Crippen molar-refractivity contribution in [2.45, 2.75) is 5.92 Å². The maximum atomic E-state index is 12.2. The van der Waals surface area contributed by atoms with Crippen LogP contribution in [0.25, 0.3) is 22.2 Å². The predicted molar refractivity (Wildman–Crippen MR) is 119 cm³/mol. The van der Waals surface area contributed by atoms with E-state index in [1.165, 1.54) is 22.3 Å². The maximum absolute atomic E-state index is 12.2. The number of hydrogen-bond acceptors (Lipinski definition) is 3. The lowest BCUT2D eigenvalue weighted by Crippen LogP contribution is -2.26. The lowest BCUT2D eigenvalue weighted by molar-refractivity contribution is 0.144. The van der Waals surface area contributed by atoms with Gasteiger partial charge in [-0.1, -0.05) is 60.4 Å². The second-order valence-electron chi connectivity index (χ2n) is 7.32. The van der Waals surface area contributed by atoms with E-state index in [1.807, 2.05) is 30.3 Å². The fourth-order valence-corrected chi connectivity index (χ4v) is 4.02. The number of ether oxygens (including phenoxy) is 1. The van der Waals surface area contributed by atoms with Crippen molar-refractivity contribution in [1.82, 2.24) is 15.3 Å². The van der Waals surface area contributed by atoms with Gasteiger partial charge in [-0.3, -0.25) is 0 Å². The Morgan fingerprint density at radius 2 is 1.61 bits per heavy atom. The molecular weight excluding hydrogens is 390 g/mol. The van der Waals surface area contributed by atoms with Crippen LogP contribution in [0.5, 0.6) is 0 Å². The highest BCUT2D eigenvalue weighted by Crippen LogP contribution is 2.44. The number of benzene rings is 3. The van der Waals surface area contributed by atoms with E-state index in [1.54, 1.807) is 12.1 Å². The summed E-state index contributed by atoms with van der Waals surface area (Å²) in [5, 5.41) is 2.67. The van der Waals surface area contributed by atoms with Crippen LogP contribution in [-0.2, 0) is 4.74 Å². The quantitative estimate of drug-likeness (QED) is 0.451. The average Bonchev–Trinajstić information content (AvgIpc) is 3.32. The first kappa shape index (κ1) is 18.8. The van der Waals surface area contributed by atoms with Gasteiger partial charge in [0, 0.05) is 11.5 Å². The van der Waals surface area contributed by atoms with E-state index in [4.69, 9.17) is 4.74 Å². The number of rotatable bonds is 3. The van der Waals surface area contributed by atoms with Crippen LogP contribution < -0.4 is 11.0 Å². The van der Waals surface area contributed by atoms with Gasteiger partial charge in [-0.15, -0.1) is 0 Å². The predicted octanol–water partition coefficient (Wildman–Crippen LogP) is 3.75. The molecule has 0 radical (unpaired) electrons. The Labute approximate surface area is 178 Å². The molecule has 6 heteroatoms. The van der Waals surface area contributed by atoms with Crippen molar-refractivity contribution in [2.24, 2.45) is 0 Å². The molecule has 1 aliphatic carbocycles. The molecule has 3 N–H and O–H groups in total. The lowest BCUT2D eigenvalue weighted by Gasteiger charge is -2.14. The summed E-state index contributed by atoms with van der Waals surface area (Å²) in [4.78, 5) is 28.9. The van der Waals surface area contributed by atoms with Crippen molar-refractivity contribution >= 4 is 17.1 Å². The van der Waals surface area contributed by atoms with Crippen LogP contribution in [0.2, 0.25) is 0 Å². The molecule has 1 aromatic heterocycles. The van der Waals surface area contributed by atoms with Crippen LogP contribution in [0.3, 0.4) is 0 Å². The fourth-order valence-electron chi connectivity index (χ4n) is 4.02. The molecule has 0 unspecified atom stereocenters. The van der Waals surface area contributed by atoms with Crippen molar-refractivity contribution in [3.63, 3.8) is 0 Å². The van der Waals surface area contributed by atoms with Crippen LogP contribution in [0.1, 0.15) is 22.6 Å². The van der Waals surface area contributed by atoms with Gasteiger partial charge in [-0.25, -0.2) is 9.59 Å². The van der Waals surface area contributed by atoms with Crippen LogP contribution in [0.15, 0.2) is 71.5 Å². The largest absolute Gasteiger partial charge is 0.449 e. The van der Waals surface area contributed by atoms with E-state index < -0.39 is 6.09 Å². The summed E-state index contributed by atoms with van der Waals surface area (Å²) in [5.74, 6) is 5.89. The average molecular weight is 409 g/mol. The molecule has 31 heavy (non-hydrogen) atoms. The molecular formula is C25H19N3O3. The SMILES string of the molecule is O=C(NCC#Cc1ccc2[nH]c(=O)[nH]c2c1)OCC1c2ccccc2-c2ccccc21. The number of imidazole rings is 1. The van der Waals surface area contributed by atoms with Crippen molar-refractivity contribution in [2.75, 3.05) is 13.2 Å². The fraction of sp³-hybridized carbons (Fsp3) is 0.120. The van der Waals surface area contributed by atoms with Gasteiger partial charge in [0.1, 0.15) is 6.61 Å². The molecule has 0 spiro atoms. The zero-order valence-corrected chi connectivity index (χ0v) is 16.6. The van der Waals surface area contributed by atoms with Crippen LogP contribution in [0.4, 0.5) is 4.79 Å². The molecule has 1 amide bonds. The zero-order valence-electron chi connectivity index (χ0n) is 16.6. The van der Waals surface area contributed by atoms with E-state index in [9.17, 15) is 9.59 Å². The number of aromatic nitrogens is 2. The third-order valence-corrected chi connectivity index (χ3v) is 5.41. The molecule has 5 rings (SSSR count). The minimum Gasteiger partial charge on any atom is -0.449 e. The van der Waals surface area contributed by atoms with Crippen molar-refractivity contribution < 1.29 is 9.53 Å². The van der Waals surface area contributed by atoms with Crippen molar-refractivity contribution in [3.05, 3.63) is 93.9 Å². The van der Waals surface area contributed by atoms with Crippen LogP contribution >= 0.6 is 0 Å². The third kappa shape index (κ3) is 3.69. The number of carbonyl (C=O) groups is 1. The third-order valence-electron chi connectivity index (χ3n) is 5.41. The topological polar surface area (TPSA) is 87.0 Å². The summed E-state index contributed by atoms with van der Waals surface area (Å²) in [6.45, 7) is 0.434. The second kappa shape index (κ2) is 7.88. The summed E-state index contributed by atoms with van der Waals surface area (Å²) >= 11 is 0. The van der Waals surface area contributed by atoms with Gasteiger partial charge >= 0.3 is 11.8 Å². The number of hydrogen-bond donors (Lipinski definition) is 3. The summed E-state index contributed by atoms with van der Waals surface area (Å²) in [6.07, 6.45) is -0.499. The maximum Gasteiger partial charge on any atom is 0.407 e. The molecule has 4 aromatic rings. The smallest absolute Gasteiger partial charge is 0.407 e. The molecule has 1 heterocycles. The minimum absolute atomic E-state index is 0.0273. The first-order valence-electron chi connectivity index (χ1n) is 9.99.